The van der Waals surface area contributed by atoms with Crippen LogP contribution in [0, 0.1) is 0 Å². The van der Waals surface area contributed by atoms with Gasteiger partial charge in [-0.25, -0.2) is 0 Å². The number of carbonyl (C=O) groups is 3. The van der Waals surface area contributed by atoms with E-state index in [1.807, 2.05) is 0 Å². The maximum Gasteiger partial charge on any atom is 0.307 e. The molecular formula is C13H22N2O5. The molecule has 1 rings (SSSR count). The Morgan fingerprint density at radius 3 is 2.60 bits per heavy atom. The second-order valence-corrected chi connectivity index (χ2v) is 4.62. The molecule has 0 radical (unpaired) electrons. The molecule has 0 N–H and O–H groups in total. The summed E-state index contributed by atoms with van der Waals surface area (Å²) in [7, 11) is 2.86. The molecule has 1 saturated heterocycles. The predicted octanol–water partition coefficient (Wildman–Crippen LogP) is -0.353. The number of nitrogens with zero attached hydrogens (tertiary/aromatic N) is 2. The summed E-state index contributed by atoms with van der Waals surface area (Å²) in [6.07, 6.45) is 1.44. The van der Waals surface area contributed by atoms with Crippen molar-refractivity contribution < 1.29 is 23.9 Å². The summed E-state index contributed by atoms with van der Waals surface area (Å²) in [5.41, 5.74) is 0. The second-order valence-electron chi connectivity index (χ2n) is 4.62. The smallest absolute Gasteiger partial charge is 0.307 e. The molecular weight excluding hydrogens is 264 g/mol. The highest BCUT2D eigenvalue weighted by Crippen LogP contribution is 2.09. The number of hydrogen-bond acceptors (Lipinski definition) is 5. The summed E-state index contributed by atoms with van der Waals surface area (Å²) >= 11 is 0. The molecule has 0 saturated carbocycles. The number of methoxy groups -OCH3 is 2. The minimum atomic E-state index is -0.363. The molecule has 0 aromatic rings. The van der Waals surface area contributed by atoms with Gasteiger partial charge in [-0.2, -0.15) is 0 Å². The van der Waals surface area contributed by atoms with Gasteiger partial charge in [0.05, 0.1) is 26.7 Å². The van der Waals surface area contributed by atoms with Crippen LogP contribution in [0.5, 0.6) is 0 Å². The first-order valence-electron chi connectivity index (χ1n) is 6.69. The van der Waals surface area contributed by atoms with E-state index in [0.29, 0.717) is 26.1 Å². The van der Waals surface area contributed by atoms with Crippen molar-refractivity contribution in [3.05, 3.63) is 0 Å². The highest BCUT2D eigenvalue weighted by molar-refractivity contribution is 5.86. The van der Waals surface area contributed by atoms with Crippen molar-refractivity contribution in [2.75, 3.05) is 47.0 Å². The highest BCUT2D eigenvalue weighted by Gasteiger charge is 2.25. The van der Waals surface area contributed by atoms with Crippen LogP contribution in [0.25, 0.3) is 0 Å². The predicted molar refractivity (Wildman–Crippen MR) is 70.9 cm³/mol. The number of esters is 1. The van der Waals surface area contributed by atoms with Crippen LogP contribution in [0.1, 0.15) is 19.3 Å². The van der Waals surface area contributed by atoms with Crippen LogP contribution < -0.4 is 0 Å². The fraction of sp³-hybridized carbons (Fsp3) is 0.769. The lowest BCUT2D eigenvalue weighted by Crippen LogP contribution is -2.43. The Morgan fingerprint density at radius 2 is 2.05 bits per heavy atom. The van der Waals surface area contributed by atoms with Crippen molar-refractivity contribution in [1.29, 1.82) is 0 Å². The zero-order valence-corrected chi connectivity index (χ0v) is 12.1. The molecule has 0 bridgehead atoms. The van der Waals surface area contributed by atoms with Crippen LogP contribution in [0.15, 0.2) is 0 Å². The first kappa shape index (κ1) is 16.4. The largest absolute Gasteiger partial charge is 0.469 e. The van der Waals surface area contributed by atoms with Crippen LogP contribution >= 0.6 is 0 Å². The summed E-state index contributed by atoms with van der Waals surface area (Å²) in [6.45, 7) is 1.76. The van der Waals surface area contributed by atoms with Crippen LogP contribution in [0.3, 0.4) is 0 Å². The van der Waals surface area contributed by atoms with Crippen LogP contribution in [0.4, 0.5) is 0 Å². The van der Waals surface area contributed by atoms with Gasteiger partial charge in [0.1, 0.15) is 0 Å². The zero-order chi connectivity index (χ0) is 15.0. The number of ether oxygens (including phenoxy) is 2. The van der Waals surface area contributed by atoms with Crippen LogP contribution in [0.2, 0.25) is 0 Å². The topological polar surface area (TPSA) is 76.2 Å². The van der Waals surface area contributed by atoms with Gasteiger partial charge in [-0.15, -0.1) is 0 Å². The quantitative estimate of drug-likeness (QED) is 0.570. The maximum absolute atomic E-state index is 12.2. The molecule has 1 aliphatic heterocycles. The van der Waals surface area contributed by atoms with E-state index >= 15 is 0 Å². The molecule has 2 amide bonds. The number of likely N-dealkylation sites (tertiary alicyclic amines) is 1. The Balaban J connectivity index is 2.49. The van der Waals surface area contributed by atoms with Gasteiger partial charge < -0.3 is 19.3 Å². The van der Waals surface area contributed by atoms with Gasteiger partial charge >= 0.3 is 5.97 Å². The second kappa shape index (κ2) is 8.52. The first-order valence-corrected chi connectivity index (χ1v) is 6.69. The van der Waals surface area contributed by atoms with Gasteiger partial charge in [0, 0.05) is 33.2 Å². The third-order valence-electron chi connectivity index (χ3n) is 3.23. The SMILES string of the molecule is COCCN(CCC(=O)OC)C(=O)CN1CCCC1=O. The van der Waals surface area contributed by atoms with Crippen molar-refractivity contribution in [2.24, 2.45) is 0 Å². The lowest BCUT2D eigenvalue weighted by atomic mass is 10.3. The van der Waals surface area contributed by atoms with Crippen molar-refractivity contribution in [2.45, 2.75) is 19.3 Å². The molecule has 7 nitrogen and oxygen atoms in total. The van der Waals surface area contributed by atoms with E-state index in [0.717, 1.165) is 6.42 Å². The molecule has 0 aromatic carbocycles. The average Bonchev–Trinajstić information content (AvgIpc) is 2.83. The van der Waals surface area contributed by atoms with Gasteiger partial charge in [-0.05, 0) is 6.42 Å². The van der Waals surface area contributed by atoms with Gasteiger partial charge in [-0.3, -0.25) is 14.4 Å². The molecule has 0 spiro atoms. The number of rotatable bonds is 8. The van der Waals surface area contributed by atoms with E-state index in [1.165, 1.54) is 12.0 Å². The van der Waals surface area contributed by atoms with Gasteiger partial charge in [0.2, 0.25) is 11.8 Å². The number of carbonyl (C=O) groups excluding carboxylic acids is 3. The number of hydrogen-bond donors (Lipinski definition) is 0. The highest BCUT2D eigenvalue weighted by atomic mass is 16.5. The fourth-order valence-corrected chi connectivity index (χ4v) is 2.03. The Bertz CT molecular complexity index is 359. The lowest BCUT2D eigenvalue weighted by molar-refractivity contribution is -0.143. The minimum Gasteiger partial charge on any atom is -0.469 e. The number of amides is 2. The average molecular weight is 286 g/mol. The van der Waals surface area contributed by atoms with E-state index < -0.39 is 0 Å². The van der Waals surface area contributed by atoms with Crippen LogP contribution in [-0.2, 0) is 23.9 Å². The normalized spacial score (nSPS) is 14.5. The zero-order valence-electron chi connectivity index (χ0n) is 12.1. The van der Waals surface area contributed by atoms with Gasteiger partial charge in [0.15, 0.2) is 0 Å². The Morgan fingerprint density at radius 1 is 1.30 bits per heavy atom. The summed E-state index contributed by atoms with van der Waals surface area (Å²) in [6, 6.07) is 0. The minimum absolute atomic E-state index is 0.0120. The summed E-state index contributed by atoms with van der Waals surface area (Å²) in [5, 5.41) is 0. The van der Waals surface area contributed by atoms with Gasteiger partial charge in [-0.1, -0.05) is 0 Å². The molecule has 0 aliphatic carbocycles. The summed E-state index contributed by atoms with van der Waals surface area (Å²) < 4.78 is 9.52. The summed E-state index contributed by atoms with van der Waals surface area (Å²) in [4.78, 5) is 37.9. The van der Waals surface area contributed by atoms with E-state index in [1.54, 1.807) is 12.0 Å². The molecule has 1 aliphatic rings. The monoisotopic (exact) mass is 286 g/mol. The van der Waals surface area contributed by atoms with E-state index in [4.69, 9.17) is 4.74 Å². The van der Waals surface area contributed by atoms with Crippen molar-refractivity contribution in [3.63, 3.8) is 0 Å². The van der Waals surface area contributed by atoms with E-state index in [2.05, 4.69) is 4.74 Å². The van der Waals surface area contributed by atoms with E-state index in [-0.39, 0.29) is 37.3 Å². The third kappa shape index (κ3) is 5.16. The maximum atomic E-state index is 12.2. The fourth-order valence-electron chi connectivity index (χ4n) is 2.03. The Kier molecular flexibility index (Phi) is 7.00. The lowest BCUT2D eigenvalue weighted by Gasteiger charge is -2.24. The molecule has 0 aromatic heterocycles. The first-order chi connectivity index (χ1) is 9.58. The van der Waals surface area contributed by atoms with Gasteiger partial charge in [0.25, 0.3) is 0 Å². The molecule has 20 heavy (non-hydrogen) atoms. The molecule has 114 valence electrons. The van der Waals surface area contributed by atoms with Crippen LogP contribution in [-0.4, -0.2) is 74.6 Å². The molecule has 7 heteroatoms. The molecule has 1 fully saturated rings. The summed E-state index contributed by atoms with van der Waals surface area (Å²) in [5.74, 6) is -0.517. The van der Waals surface area contributed by atoms with Crippen molar-refractivity contribution >= 4 is 17.8 Å². The van der Waals surface area contributed by atoms with Crippen molar-refractivity contribution in [3.8, 4) is 0 Å². The Labute approximate surface area is 118 Å². The van der Waals surface area contributed by atoms with Crippen molar-refractivity contribution in [1.82, 2.24) is 9.80 Å². The molecule has 0 unspecified atom stereocenters. The van der Waals surface area contributed by atoms with E-state index in [9.17, 15) is 14.4 Å². The Hall–Kier alpha value is -1.63. The molecule has 1 heterocycles. The molecule has 0 atom stereocenters. The third-order valence-corrected chi connectivity index (χ3v) is 3.23. The standard InChI is InChI=1S/C13H22N2O5/c1-19-9-8-14(7-5-13(18)20-2)12(17)10-15-6-3-4-11(15)16/h3-10H2,1-2H3.